The van der Waals surface area contributed by atoms with Crippen molar-refractivity contribution in [1.29, 1.82) is 0 Å². The summed E-state index contributed by atoms with van der Waals surface area (Å²) in [6, 6.07) is 4.24. The molecule has 4 nitrogen and oxygen atoms in total. The van der Waals surface area contributed by atoms with Gasteiger partial charge in [0.2, 0.25) is 5.91 Å². The molecule has 0 bridgehead atoms. The molecular formula is C14H19FN2O2. The number of carbonyl (C=O) groups excluding carboxylic acids is 1. The van der Waals surface area contributed by atoms with Crippen LogP contribution in [0.5, 0.6) is 0 Å². The second-order valence-electron chi connectivity index (χ2n) is 5.06. The van der Waals surface area contributed by atoms with Gasteiger partial charge in [0.25, 0.3) is 0 Å². The van der Waals surface area contributed by atoms with Crippen LogP contribution in [0.1, 0.15) is 35.2 Å². The summed E-state index contributed by atoms with van der Waals surface area (Å²) < 4.78 is 13.7. The van der Waals surface area contributed by atoms with Crippen molar-refractivity contribution in [2.75, 3.05) is 6.54 Å². The molecule has 2 atom stereocenters. The number of hydrogen-bond donors (Lipinski definition) is 3. The highest BCUT2D eigenvalue weighted by molar-refractivity contribution is 5.92. The van der Waals surface area contributed by atoms with Gasteiger partial charge in [0.15, 0.2) is 0 Å². The van der Waals surface area contributed by atoms with Gasteiger partial charge in [-0.3, -0.25) is 4.79 Å². The van der Waals surface area contributed by atoms with E-state index in [9.17, 15) is 14.3 Å². The quantitative estimate of drug-likeness (QED) is 0.749. The number of rotatable bonds is 5. The Kier molecular flexibility index (Phi) is 4.50. The highest BCUT2D eigenvalue weighted by atomic mass is 19.1. The first kappa shape index (κ1) is 14.0. The van der Waals surface area contributed by atoms with Crippen molar-refractivity contribution in [3.05, 3.63) is 35.1 Å². The molecule has 1 aromatic rings. The molecule has 2 unspecified atom stereocenters. The predicted molar refractivity (Wildman–Crippen MR) is 70.0 cm³/mol. The Balaban J connectivity index is 1.87. The van der Waals surface area contributed by atoms with Crippen LogP contribution in [0, 0.1) is 11.7 Å². The molecule has 0 aromatic heterocycles. The minimum Gasteiger partial charge on any atom is -0.393 e. The summed E-state index contributed by atoms with van der Waals surface area (Å²) in [6.45, 7) is 1.06. The van der Waals surface area contributed by atoms with Gasteiger partial charge in [-0.05, 0) is 30.9 Å². The highest BCUT2D eigenvalue weighted by Gasteiger charge is 2.24. The highest BCUT2D eigenvalue weighted by Crippen LogP contribution is 2.24. The fourth-order valence-corrected chi connectivity index (χ4v) is 2.49. The molecule has 1 fully saturated rings. The second-order valence-corrected chi connectivity index (χ2v) is 5.06. The lowest BCUT2D eigenvalue weighted by Gasteiger charge is -2.15. The first-order chi connectivity index (χ1) is 9.08. The second kappa shape index (κ2) is 6.12. The van der Waals surface area contributed by atoms with Crippen molar-refractivity contribution in [3.63, 3.8) is 0 Å². The predicted octanol–water partition coefficient (Wildman–Crippen LogP) is 1.18. The van der Waals surface area contributed by atoms with Crippen molar-refractivity contribution in [2.45, 2.75) is 31.9 Å². The monoisotopic (exact) mass is 266 g/mol. The third-order valence-corrected chi connectivity index (χ3v) is 3.68. The van der Waals surface area contributed by atoms with E-state index in [1.807, 2.05) is 0 Å². The normalized spacial score (nSPS) is 22.6. The van der Waals surface area contributed by atoms with Crippen molar-refractivity contribution >= 4 is 5.91 Å². The maximum absolute atomic E-state index is 13.7. The Labute approximate surface area is 111 Å². The fourth-order valence-electron chi connectivity index (χ4n) is 2.49. The van der Waals surface area contributed by atoms with E-state index < -0.39 is 11.7 Å². The zero-order valence-corrected chi connectivity index (χ0v) is 10.7. The van der Waals surface area contributed by atoms with Crippen molar-refractivity contribution < 1.29 is 14.3 Å². The van der Waals surface area contributed by atoms with Gasteiger partial charge >= 0.3 is 0 Å². The van der Waals surface area contributed by atoms with Gasteiger partial charge in [0.05, 0.1) is 6.10 Å². The van der Waals surface area contributed by atoms with Crippen LogP contribution in [0.2, 0.25) is 0 Å². The number of primary amides is 1. The maximum atomic E-state index is 13.7. The van der Waals surface area contributed by atoms with Gasteiger partial charge in [0.1, 0.15) is 5.82 Å². The van der Waals surface area contributed by atoms with Gasteiger partial charge in [0, 0.05) is 24.2 Å². The largest absolute Gasteiger partial charge is 0.393 e. The van der Waals surface area contributed by atoms with Crippen LogP contribution < -0.4 is 11.1 Å². The topological polar surface area (TPSA) is 75.4 Å². The number of carbonyl (C=O) groups is 1. The van der Waals surface area contributed by atoms with E-state index in [1.54, 1.807) is 6.07 Å². The molecule has 104 valence electrons. The summed E-state index contributed by atoms with van der Waals surface area (Å²) in [7, 11) is 0. The molecule has 1 aliphatic carbocycles. The van der Waals surface area contributed by atoms with Gasteiger partial charge in [-0.2, -0.15) is 0 Å². The van der Waals surface area contributed by atoms with Crippen molar-refractivity contribution in [1.82, 2.24) is 5.32 Å². The SMILES string of the molecule is NC(=O)c1ccc(CNCC2CCCC2O)c(F)c1. The van der Waals surface area contributed by atoms with Gasteiger partial charge in [-0.25, -0.2) is 4.39 Å². The number of amides is 1. The van der Waals surface area contributed by atoms with Crippen molar-refractivity contribution in [3.8, 4) is 0 Å². The average Bonchev–Trinajstić information content (AvgIpc) is 2.77. The van der Waals surface area contributed by atoms with Gasteiger partial charge in [-0.1, -0.05) is 12.5 Å². The van der Waals surface area contributed by atoms with E-state index in [1.165, 1.54) is 6.07 Å². The third-order valence-electron chi connectivity index (χ3n) is 3.68. The van der Waals surface area contributed by atoms with Gasteiger partial charge < -0.3 is 16.2 Å². The molecule has 19 heavy (non-hydrogen) atoms. The molecule has 0 radical (unpaired) electrons. The van der Waals surface area contributed by atoms with Crippen LogP contribution >= 0.6 is 0 Å². The molecule has 0 heterocycles. The molecule has 0 aliphatic heterocycles. The van der Waals surface area contributed by atoms with Crippen LogP contribution in [0.25, 0.3) is 0 Å². The summed E-state index contributed by atoms with van der Waals surface area (Å²) in [5.41, 5.74) is 5.75. The number of nitrogens with one attached hydrogen (secondary N) is 1. The fraction of sp³-hybridized carbons (Fsp3) is 0.500. The summed E-state index contributed by atoms with van der Waals surface area (Å²) in [4.78, 5) is 10.9. The summed E-state index contributed by atoms with van der Waals surface area (Å²) in [5, 5.41) is 12.8. The summed E-state index contributed by atoms with van der Waals surface area (Å²) in [5.74, 6) is -0.809. The molecule has 2 rings (SSSR count). The number of aliphatic hydroxyl groups excluding tert-OH is 1. The van der Waals surface area contributed by atoms with Crippen molar-refractivity contribution in [2.24, 2.45) is 11.7 Å². The smallest absolute Gasteiger partial charge is 0.248 e. The Hall–Kier alpha value is -1.46. The summed E-state index contributed by atoms with van der Waals surface area (Å²) >= 11 is 0. The molecule has 1 aromatic carbocycles. The van der Waals surface area contributed by atoms with E-state index >= 15 is 0 Å². The minimum absolute atomic E-state index is 0.174. The Morgan fingerprint density at radius 2 is 2.26 bits per heavy atom. The molecule has 1 amide bonds. The number of benzene rings is 1. The number of hydrogen-bond acceptors (Lipinski definition) is 3. The Morgan fingerprint density at radius 3 is 2.84 bits per heavy atom. The minimum atomic E-state index is -0.632. The number of nitrogens with two attached hydrogens (primary N) is 1. The number of halogens is 1. The Morgan fingerprint density at radius 1 is 1.47 bits per heavy atom. The van der Waals surface area contributed by atoms with E-state index in [2.05, 4.69) is 5.32 Å². The Bertz CT molecular complexity index is 465. The van der Waals surface area contributed by atoms with Crippen LogP contribution in [-0.4, -0.2) is 23.7 Å². The third kappa shape index (κ3) is 3.52. The maximum Gasteiger partial charge on any atom is 0.248 e. The number of aliphatic hydroxyl groups is 1. The first-order valence-corrected chi connectivity index (χ1v) is 6.55. The lowest BCUT2D eigenvalue weighted by Crippen LogP contribution is -2.27. The van der Waals surface area contributed by atoms with E-state index in [-0.39, 0.29) is 17.6 Å². The van der Waals surface area contributed by atoms with E-state index in [0.717, 1.165) is 25.3 Å². The lowest BCUT2D eigenvalue weighted by atomic mass is 10.1. The lowest BCUT2D eigenvalue weighted by molar-refractivity contribution is 0.0999. The standard InChI is InChI=1S/C14H19FN2O2/c15-12-6-9(14(16)19)4-5-10(12)7-17-8-11-2-1-3-13(11)18/h4-6,11,13,17-18H,1-3,7-8H2,(H2,16,19). The molecular weight excluding hydrogens is 247 g/mol. The molecule has 5 heteroatoms. The zero-order chi connectivity index (χ0) is 13.8. The van der Waals surface area contributed by atoms with Gasteiger partial charge in [-0.15, -0.1) is 0 Å². The molecule has 0 spiro atoms. The van der Waals surface area contributed by atoms with Crippen LogP contribution in [-0.2, 0) is 6.54 Å². The van der Waals surface area contributed by atoms with Crippen LogP contribution in [0.4, 0.5) is 4.39 Å². The first-order valence-electron chi connectivity index (χ1n) is 6.55. The zero-order valence-electron chi connectivity index (χ0n) is 10.7. The average molecular weight is 266 g/mol. The van der Waals surface area contributed by atoms with Crippen LogP contribution in [0.3, 0.4) is 0 Å². The van der Waals surface area contributed by atoms with Crippen LogP contribution in [0.15, 0.2) is 18.2 Å². The molecule has 0 saturated heterocycles. The molecule has 4 N–H and O–H groups in total. The molecule has 1 saturated carbocycles. The van der Waals surface area contributed by atoms with E-state index in [0.29, 0.717) is 18.7 Å². The molecule has 1 aliphatic rings. The summed E-state index contributed by atoms with van der Waals surface area (Å²) in [6.07, 6.45) is 2.68. The van der Waals surface area contributed by atoms with E-state index in [4.69, 9.17) is 5.73 Å².